The zero-order valence-electron chi connectivity index (χ0n) is 12.0. The third-order valence-corrected chi connectivity index (χ3v) is 3.88. The molecule has 7 nitrogen and oxygen atoms in total. The van der Waals surface area contributed by atoms with E-state index in [-0.39, 0.29) is 18.7 Å². The van der Waals surface area contributed by atoms with E-state index in [1.165, 1.54) is 30.3 Å². The van der Waals surface area contributed by atoms with Crippen molar-refractivity contribution in [1.29, 1.82) is 0 Å². The van der Waals surface area contributed by atoms with E-state index in [4.69, 9.17) is 10.2 Å². The number of methoxy groups -OCH3 is 1. The lowest BCUT2D eigenvalue weighted by molar-refractivity contribution is -0.141. The third-order valence-electron chi connectivity index (χ3n) is 2.77. The molecule has 0 saturated carbocycles. The van der Waals surface area contributed by atoms with Gasteiger partial charge in [0.05, 0.1) is 18.6 Å². The van der Waals surface area contributed by atoms with Gasteiger partial charge < -0.3 is 19.8 Å². The minimum Gasteiger partial charge on any atom is -0.481 e. The van der Waals surface area contributed by atoms with Gasteiger partial charge in [-0.15, -0.1) is 11.3 Å². The summed E-state index contributed by atoms with van der Waals surface area (Å²) in [5.74, 6) is -3.47. The molecule has 0 bridgehead atoms. The summed E-state index contributed by atoms with van der Waals surface area (Å²) in [6.07, 6.45) is 0. The Bertz CT molecular complexity index is 553. The summed E-state index contributed by atoms with van der Waals surface area (Å²) in [5, 5.41) is 18.4. The molecule has 1 unspecified atom stereocenters. The van der Waals surface area contributed by atoms with Gasteiger partial charge in [-0.05, 0) is 13.0 Å². The maximum absolute atomic E-state index is 11.8. The highest BCUT2D eigenvalue weighted by Crippen LogP contribution is 2.32. The summed E-state index contributed by atoms with van der Waals surface area (Å²) >= 11 is 1.23. The Morgan fingerprint density at radius 2 is 2.00 bits per heavy atom. The number of aliphatic carboxylic acids is 2. The van der Waals surface area contributed by atoms with Crippen LogP contribution in [0.25, 0.3) is 0 Å². The lowest BCUT2D eigenvalue weighted by Gasteiger charge is -2.24. The highest BCUT2D eigenvalue weighted by molar-refractivity contribution is 7.16. The zero-order valence-corrected chi connectivity index (χ0v) is 12.8. The molecule has 2 N–H and O–H groups in total. The van der Waals surface area contributed by atoms with Gasteiger partial charge in [0.2, 0.25) is 0 Å². The summed E-state index contributed by atoms with van der Waals surface area (Å²) < 4.78 is 4.68. The van der Waals surface area contributed by atoms with Crippen LogP contribution in [-0.2, 0) is 14.3 Å². The van der Waals surface area contributed by atoms with Crippen LogP contribution in [0.4, 0.5) is 5.00 Å². The molecule has 0 aliphatic carbocycles. The average molecular weight is 315 g/mol. The highest BCUT2D eigenvalue weighted by atomic mass is 32.1. The van der Waals surface area contributed by atoms with E-state index in [0.717, 1.165) is 4.88 Å². The quantitative estimate of drug-likeness (QED) is 0.734. The number of carbonyl (C=O) groups is 3. The number of thiophene rings is 1. The van der Waals surface area contributed by atoms with E-state index in [1.54, 1.807) is 13.0 Å². The number of hydrogen-bond donors (Lipinski definition) is 2. The maximum Gasteiger partial charge on any atom is 0.340 e. The second-order valence-corrected chi connectivity index (χ2v) is 5.82. The van der Waals surface area contributed by atoms with Crippen molar-refractivity contribution in [2.75, 3.05) is 25.1 Å². The molecule has 1 aromatic heterocycles. The Labute approximate surface area is 125 Å². The Morgan fingerprint density at radius 1 is 1.38 bits per heavy atom. The van der Waals surface area contributed by atoms with Crippen molar-refractivity contribution in [3.8, 4) is 0 Å². The fraction of sp³-hybridized carbons (Fsp3) is 0.462. The number of carboxylic acid groups (broad SMARTS) is 2. The van der Waals surface area contributed by atoms with E-state index >= 15 is 0 Å². The molecular weight excluding hydrogens is 298 g/mol. The second kappa shape index (κ2) is 7.07. The lowest BCUT2D eigenvalue weighted by atomic mass is 10.1. The monoisotopic (exact) mass is 315 g/mol. The first-order valence-electron chi connectivity index (χ1n) is 6.14. The molecule has 0 radical (unpaired) electrons. The summed E-state index contributed by atoms with van der Waals surface area (Å²) in [4.78, 5) is 35.9. The van der Waals surface area contributed by atoms with Crippen molar-refractivity contribution in [3.05, 3.63) is 16.5 Å². The van der Waals surface area contributed by atoms with Gasteiger partial charge in [-0.3, -0.25) is 9.59 Å². The van der Waals surface area contributed by atoms with Crippen LogP contribution in [0.15, 0.2) is 6.07 Å². The molecular formula is C13H17NO6S. The normalized spacial score (nSPS) is 11.8. The van der Waals surface area contributed by atoms with Crippen LogP contribution in [0.1, 0.15) is 22.2 Å². The number of hydrogen-bond acceptors (Lipinski definition) is 6. The summed E-state index contributed by atoms with van der Waals surface area (Å²) in [6, 6.07) is 1.60. The van der Waals surface area contributed by atoms with Gasteiger partial charge in [0.25, 0.3) is 0 Å². The molecule has 0 spiro atoms. The molecule has 0 saturated heterocycles. The zero-order chi connectivity index (χ0) is 16.2. The number of rotatable bonds is 7. The first kappa shape index (κ1) is 17.0. The topological polar surface area (TPSA) is 104 Å². The molecule has 1 atom stereocenters. The van der Waals surface area contributed by atoms with E-state index in [2.05, 4.69) is 4.74 Å². The SMILES string of the molecule is COC(=O)c1cc(C)sc1N(CC(=O)O)CC(C)C(=O)O. The standard InChI is InChI=1S/C13H17NO6S/c1-7(12(17)18)5-14(6-10(15)16)11-9(13(19)20-3)4-8(2)21-11/h4,7H,5-6H2,1-3H3,(H,15,16)(H,17,18). The van der Waals surface area contributed by atoms with Gasteiger partial charge >= 0.3 is 17.9 Å². The van der Waals surface area contributed by atoms with Crippen molar-refractivity contribution in [2.45, 2.75) is 13.8 Å². The maximum atomic E-state index is 11.8. The third kappa shape index (κ3) is 4.45. The molecule has 1 aromatic rings. The number of aryl methyl sites for hydroxylation is 1. The van der Waals surface area contributed by atoms with E-state index in [1.807, 2.05) is 0 Å². The molecule has 116 valence electrons. The second-order valence-electron chi connectivity index (χ2n) is 4.58. The lowest BCUT2D eigenvalue weighted by Crippen LogP contribution is -2.36. The molecule has 0 aliphatic rings. The van der Waals surface area contributed by atoms with Gasteiger partial charge in [-0.1, -0.05) is 6.92 Å². The van der Waals surface area contributed by atoms with Crippen LogP contribution in [0.5, 0.6) is 0 Å². The van der Waals surface area contributed by atoms with Gasteiger partial charge in [0.1, 0.15) is 11.5 Å². The first-order valence-corrected chi connectivity index (χ1v) is 6.96. The number of carboxylic acids is 2. The Morgan fingerprint density at radius 3 is 2.48 bits per heavy atom. The van der Waals surface area contributed by atoms with Gasteiger partial charge in [0.15, 0.2) is 0 Å². The minimum absolute atomic E-state index is 0.00835. The molecule has 1 heterocycles. The summed E-state index contributed by atoms with van der Waals surface area (Å²) in [5.41, 5.74) is 0.249. The van der Waals surface area contributed by atoms with E-state index in [0.29, 0.717) is 5.00 Å². The number of ether oxygens (including phenoxy) is 1. The van der Waals surface area contributed by atoms with Gasteiger partial charge in [-0.25, -0.2) is 4.79 Å². The fourth-order valence-corrected chi connectivity index (χ4v) is 2.79. The molecule has 0 aliphatic heterocycles. The van der Waals surface area contributed by atoms with Crippen molar-refractivity contribution in [3.63, 3.8) is 0 Å². The van der Waals surface area contributed by atoms with Crippen molar-refractivity contribution in [2.24, 2.45) is 5.92 Å². The van der Waals surface area contributed by atoms with Crippen LogP contribution < -0.4 is 4.90 Å². The molecule has 8 heteroatoms. The predicted molar refractivity (Wildman–Crippen MR) is 77.0 cm³/mol. The number of esters is 1. The van der Waals surface area contributed by atoms with Crippen LogP contribution in [-0.4, -0.2) is 48.3 Å². The van der Waals surface area contributed by atoms with Gasteiger partial charge in [-0.2, -0.15) is 0 Å². The average Bonchev–Trinajstić information content (AvgIpc) is 2.78. The minimum atomic E-state index is -1.10. The molecule has 0 amide bonds. The Balaban J connectivity index is 3.16. The fourth-order valence-electron chi connectivity index (χ4n) is 1.78. The number of nitrogens with zero attached hydrogens (tertiary/aromatic N) is 1. The summed E-state index contributed by atoms with van der Waals surface area (Å²) in [6.45, 7) is 2.86. The van der Waals surface area contributed by atoms with Crippen LogP contribution in [0.2, 0.25) is 0 Å². The Kier molecular flexibility index (Phi) is 5.71. The van der Waals surface area contributed by atoms with Crippen LogP contribution in [0, 0.1) is 12.8 Å². The first-order chi connectivity index (χ1) is 9.76. The smallest absolute Gasteiger partial charge is 0.340 e. The van der Waals surface area contributed by atoms with Crippen LogP contribution >= 0.6 is 11.3 Å². The molecule has 21 heavy (non-hydrogen) atoms. The number of anilines is 1. The van der Waals surface area contributed by atoms with Crippen LogP contribution in [0.3, 0.4) is 0 Å². The van der Waals surface area contributed by atoms with Crippen molar-refractivity contribution in [1.82, 2.24) is 0 Å². The molecule has 0 fully saturated rings. The Hall–Kier alpha value is -2.09. The van der Waals surface area contributed by atoms with E-state index < -0.39 is 23.8 Å². The van der Waals surface area contributed by atoms with Crippen molar-refractivity contribution >= 4 is 34.2 Å². The molecule has 1 rings (SSSR count). The highest BCUT2D eigenvalue weighted by Gasteiger charge is 2.25. The number of carbonyl (C=O) groups excluding carboxylic acids is 1. The molecule has 0 aromatic carbocycles. The predicted octanol–water partition coefficient (Wildman–Crippen LogP) is 1.45. The largest absolute Gasteiger partial charge is 0.481 e. The van der Waals surface area contributed by atoms with Gasteiger partial charge in [0, 0.05) is 11.4 Å². The van der Waals surface area contributed by atoms with Crippen molar-refractivity contribution < 1.29 is 29.3 Å². The summed E-state index contributed by atoms with van der Waals surface area (Å²) in [7, 11) is 1.24. The van der Waals surface area contributed by atoms with E-state index in [9.17, 15) is 14.4 Å².